The number of imidazole rings is 1. The third kappa shape index (κ3) is 1.90. The number of hydrogen-bond donors (Lipinski definition) is 1. The second-order valence-corrected chi connectivity index (χ2v) is 4.42. The molecule has 2 heterocycles. The second-order valence-electron chi connectivity index (χ2n) is 4.42. The zero-order chi connectivity index (χ0) is 12.6. The van der Waals surface area contributed by atoms with Crippen LogP contribution in [0.25, 0.3) is 5.52 Å². The van der Waals surface area contributed by atoms with E-state index in [1.165, 1.54) is 5.56 Å². The Hall–Kier alpha value is -1.84. The van der Waals surface area contributed by atoms with E-state index < -0.39 is 5.97 Å². The highest BCUT2D eigenvalue weighted by Gasteiger charge is 2.18. The average molecular weight is 232 g/mol. The van der Waals surface area contributed by atoms with E-state index in [9.17, 15) is 4.79 Å². The van der Waals surface area contributed by atoms with Crippen molar-refractivity contribution in [2.24, 2.45) is 0 Å². The summed E-state index contributed by atoms with van der Waals surface area (Å²) in [6, 6.07) is 3.79. The number of carboxylic acid groups (broad SMARTS) is 1. The van der Waals surface area contributed by atoms with E-state index in [1.54, 1.807) is 0 Å². The van der Waals surface area contributed by atoms with E-state index in [4.69, 9.17) is 5.11 Å². The van der Waals surface area contributed by atoms with Crippen LogP contribution >= 0.6 is 0 Å². The maximum Gasteiger partial charge on any atom is 0.356 e. The molecule has 0 saturated heterocycles. The monoisotopic (exact) mass is 232 g/mol. The molecule has 0 fully saturated rings. The molecule has 2 rings (SSSR count). The summed E-state index contributed by atoms with van der Waals surface area (Å²) in [5.41, 5.74) is 1.98. The van der Waals surface area contributed by atoms with Gasteiger partial charge in [-0.2, -0.15) is 0 Å². The van der Waals surface area contributed by atoms with Gasteiger partial charge in [0.15, 0.2) is 5.69 Å². The molecule has 1 N–H and O–H groups in total. The van der Waals surface area contributed by atoms with Crippen LogP contribution in [0.1, 0.15) is 48.6 Å². The normalized spacial score (nSPS) is 11.3. The van der Waals surface area contributed by atoms with Crippen molar-refractivity contribution in [3.63, 3.8) is 0 Å². The molecule has 0 aromatic carbocycles. The first-order chi connectivity index (χ1) is 8.04. The number of hydrogen-bond acceptors (Lipinski definition) is 2. The summed E-state index contributed by atoms with van der Waals surface area (Å²) in [4.78, 5) is 15.4. The van der Waals surface area contributed by atoms with Gasteiger partial charge in [-0.3, -0.25) is 0 Å². The lowest BCUT2D eigenvalue weighted by Gasteiger charge is -2.05. The molecule has 2 aromatic rings. The van der Waals surface area contributed by atoms with E-state index >= 15 is 0 Å². The fourth-order valence-corrected chi connectivity index (χ4v) is 1.93. The van der Waals surface area contributed by atoms with Crippen molar-refractivity contribution in [1.82, 2.24) is 9.38 Å². The maximum absolute atomic E-state index is 11.1. The molecule has 0 saturated carbocycles. The molecule has 0 aliphatic carbocycles. The number of fused-ring (bicyclic) bond motifs is 1. The van der Waals surface area contributed by atoms with Crippen molar-refractivity contribution in [3.05, 3.63) is 35.4 Å². The molecule has 0 unspecified atom stereocenters. The van der Waals surface area contributed by atoms with Gasteiger partial charge in [0.1, 0.15) is 5.82 Å². The first-order valence-corrected chi connectivity index (χ1v) is 5.78. The van der Waals surface area contributed by atoms with E-state index in [2.05, 4.69) is 11.9 Å². The molecule has 0 atom stereocenters. The Labute approximate surface area is 99.9 Å². The first kappa shape index (κ1) is 11.6. The predicted molar refractivity (Wildman–Crippen MR) is 65.6 cm³/mol. The number of aromatic nitrogens is 2. The predicted octanol–water partition coefficient (Wildman–Crippen LogP) is 2.72. The maximum atomic E-state index is 11.1. The Morgan fingerprint density at radius 1 is 1.47 bits per heavy atom. The summed E-state index contributed by atoms with van der Waals surface area (Å²) in [5, 5.41) is 9.13. The Morgan fingerprint density at radius 3 is 2.71 bits per heavy atom. The van der Waals surface area contributed by atoms with E-state index in [1.807, 2.05) is 36.6 Å². The fourth-order valence-electron chi connectivity index (χ4n) is 1.93. The zero-order valence-corrected chi connectivity index (χ0v) is 10.3. The highest BCUT2D eigenvalue weighted by molar-refractivity contribution is 5.93. The van der Waals surface area contributed by atoms with Crippen LogP contribution in [0, 0.1) is 0 Å². The smallest absolute Gasteiger partial charge is 0.356 e. The lowest BCUT2D eigenvalue weighted by atomic mass is 10.2. The largest absolute Gasteiger partial charge is 0.476 e. The molecular weight excluding hydrogens is 216 g/mol. The number of nitrogens with zero attached hydrogens (tertiary/aromatic N) is 2. The molecule has 0 aliphatic rings. The van der Waals surface area contributed by atoms with Gasteiger partial charge in [0.05, 0.1) is 5.52 Å². The van der Waals surface area contributed by atoms with Crippen molar-refractivity contribution >= 4 is 11.5 Å². The van der Waals surface area contributed by atoms with Crippen molar-refractivity contribution in [2.45, 2.75) is 33.1 Å². The van der Waals surface area contributed by atoms with Gasteiger partial charge in [-0.15, -0.1) is 0 Å². The lowest BCUT2D eigenvalue weighted by Crippen LogP contribution is -1.98. The molecule has 90 valence electrons. The second kappa shape index (κ2) is 4.20. The minimum Gasteiger partial charge on any atom is -0.476 e. The molecule has 2 aromatic heterocycles. The standard InChI is InChI=1S/C13H16N2O2/c1-4-9-5-6-10-11(13(16)17)14-12(8(2)3)15(10)7-9/h5-8H,4H2,1-3H3,(H,16,17). The molecular formula is C13H16N2O2. The summed E-state index contributed by atoms with van der Waals surface area (Å²) in [6.07, 6.45) is 2.90. The molecule has 4 nitrogen and oxygen atoms in total. The van der Waals surface area contributed by atoms with Crippen LogP contribution in [0.15, 0.2) is 18.3 Å². The number of rotatable bonds is 3. The highest BCUT2D eigenvalue weighted by Crippen LogP contribution is 2.20. The SMILES string of the molecule is CCc1ccc2c(C(=O)O)nc(C(C)C)n2c1. The van der Waals surface area contributed by atoms with Gasteiger partial charge in [-0.1, -0.05) is 26.8 Å². The van der Waals surface area contributed by atoms with Crippen molar-refractivity contribution in [1.29, 1.82) is 0 Å². The van der Waals surface area contributed by atoms with Gasteiger partial charge in [-0.05, 0) is 18.1 Å². The molecule has 0 bridgehead atoms. The van der Waals surface area contributed by atoms with Crippen LogP contribution < -0.4 is 0 Å². The van der Waals surface area contributed by atoms with Crippen LogP contribution in [0.4, 0.5) is 0 Å². The third-order valence-electron chi connectivity index (χ3n) is 2.85. The van der Waals surface area contributed by atoms with Gasteiger partial charge in [0.2, 0.25) is 0 Å². The topological polar surface area (TPSA) is 54.6 Å². The van der Waals surface area contributed by atoms with Gasteiger partial charge < -0.3 is 9.51 Å². The van der Waals surface area contributed by atoms with Crippen LogP contribution in [-0.4, -0.2) is 20.5 Å². The Balaban J connectivity index is 2.76. The Kier molecular flexibility index (Phi) is 2.88. The third-order valence-corrected chi connectivity index (χ3v) is 2.85. The Bertz CT molecular complexity index is 570. The van der Waals surface area contributed by atoms with E-state index in [0.29, 0.717) is 5.52 Å². The van der Waals surface area contributed by atoms with Crippen molar-refractivity contribution in [2.75, 3.05) is 0 Å². The molecule has 0 aliphatic heterocycles. The summed E-state index contributed by atoms with van der Waals surface area (Å²) in [7, 11) is 0. The number of aryl methyl sites for hydroxylation is 1. The molecule has 0 spiro atoms. The average Bonchev–Trinajstić information content (AvgIpc) is 2.67. The summed E-state index contributed by atoms with van der Waals surface area (Å²) in [6.45, 7) is 6.10. The first-order valence-electron chi connectivity index (χ1n) is 5.78. The number of carbonyl (C=O) groups is 1. The minimum atomic E-state index is -0.973. The summed E-state index contributed by atoms with van der Waals surface area (Å²) >= 11 is 0. The van der Waals surface area contributed by atoms with Crippen LogP contribution in [-0.2, 0) is 6.42 Å². The Morgan fingerprint density at radius 2 is 2.18 bits per heavy atom. The van der Waals surface area contributed by atoms with Gasteiger partial charge in [0, 0.05) is 12.1 Å². The minimum absolute atomic E-state index is 0.136. The molecule has 17 heavy (non-hydrogen) atoms. The van der Waals surface area contributed by atoms with Crippen LogP contribution in [0.2, 0.25) is 0 Å². The van der Waals surface area contributed by atoms with Gasteiger partial charge in [0.25, 0.3) is 0 Å². The van der Waals surface area contributed by atoms with Gasteiger partial charge in [-0.25, -0.2) is 9.78 Å². The molecule has 0 radical (unpaired) electrons. The summed E-state index contributed by atoms with van der Waals surface area (Å²) < 4.78 is 1.90. The van der Waals surface area contributed by atoms with Crippen LogP contribution in [0.5, 0.6) is 0 Å². The summed E-state index contributed by atoms with van der Waals surface area (Å²) in [5.74, 6) is 0.0223. The lowest BCUT2D eigenvalue weighted by molar-refractivity contribution is 0.0693. The van der Waals surface area contributed by atoms with Gasteiger partial charge >= 0.3 is 5.97 Å². The van der Waals surface area contributed by atoms with Crippen LogP contribution in [0.3, 0.4) is 0 Å². The molecule has 0 amide bonds. The number of aromatic carboxylic acids is 1. The van der Waals surface area contributed by atoms with E-state index in [-0.39, 0.29) is 11.6 Å². The highest BCUT2D eigenvalue weighted by atomic mass is 16.4. The number of carboxylic acids is 1. The van der Waals surface area contributed by atoms with E-state index in [0.717, 1.165) is 12.2 Å². The van der Waals surface area contributed by atoms with Crippen molar-refractivity contribution < 1.29 is 9.90 Å². The fraction of sp³-hybridized carbons (Fsp3) is 0.385. The van der Waals surface area contributed by atoms with Crippen molar-refractivity contribution in [3.8, 4) is 0 Å². The molecule has 4 heteroatoms. The zero-order valence-electron chi connectivity index (χ0n) is 10.3. The quantitative estimate of drug-likeness (QED) is 0.885. The number of pyridine rings is 1.